The van der Waals surface area contributed by atoms with Crippen molar-refractivity contribution in [2.45, 2.75) is 46.1 Å². The number of rotatable bonds is 5. The molecule has 1 aromatic rings. The monoisotopic (exact) mass is 293 g/mol. The van der Waals surface area contributed by atoms with Gasteiger partial charge >= 0.3 is 12.1 Å². The molecule has 5 nitrogen and oxygen atoms in total. The van der Waals surface area contributed by atoms with Gasteiger partial charge in [-0.25, -0.2) is 4.79 Å². The quantitative estimate of drug-likeness (QED) is 0.843. The normalized spacial score (nSPS) is 10.9. The van der Waals surface area contributed by atoms with Crippen molar-refractivity contribution in [3.8, 4) is 0 Å². The summed E-state index contributed by atoms with van der Waals surface area (Å²) in [7, 11) is 0. The zero-order valence-electron chi connectivity index (χ0n) is 13.1. The number of amides is 1. The molecule has 0 spiro atoms. The molecule has 0 aliphatic heterocycles. The fraction of sp³-hybridized carbons (Fsp3) is 0.500. The maximum Gasteiger partial charge on any atom is 0.412 e. The Morgan fingerprint density at radius 3 is 2.48 bits per heavy atom. The van der Waals surface area contributed by atoms with Crippen LogP contribution in [0.1, 0.15) is 39.7 Å². The zero-order chi connectivity index (χ0) is 15.9. The van der Waals surface area contributed by atoms with Crippen molar-refractivity contribution in [1.82, 2.24) is 0 Å². The molecule has 1 N–H and O–H groups in total. The summed E-state index contributed by atoms with van der Waals surface area (Å²) in [6.45, 7) is 7.56. The smallest absolute Gasteiger partial charge is 0.412 e. The third-order valence-corrected chi connectivity index (χ3v) is 2.56. The Hall–Kier alpha value is -2.04. The van der Waals surface area contributed by atoms with Gasteiger partial charge in [0.1, 0.15) is 5.60 Å². The molecule has 1 aromatic carbocycles. The first kappa shape index (κ1) is 17.0. The van der Waals surface area contributed by atoms with Gasteiger partial charge in [0.05, 0.1) is 6.61 Å². The molecule has 0 aliphatic rings. The van der Waals surface area contributed by atoms with Crippen molar-refractivity contribution >= 4 is 17.7 Å². The Labute approximate surface area is 125 Å². The lowest BCUT2D eigenvalue weighted by Crippen LogP contribution is -2.27. The molecule has 1 amide bonds. The second-order valence-corrected chi connectivity index (χ2v) is 5.59. The number of hydrogen-bond acceptors (Lipinski definition) is 4. The van der Waals surface area contributed by atoms with Gasteiger partial charge in [-0.05, 0) is 45.7 Å². The lowest BCUT2D eigenvalue weighted by Gasteiger charge is -2.20. The summed E-state index contributed by atoms with van der Waals surface area (Å²) in [6, 6.07) is 7.33. The van der Waals surface area contributed by atoms with Crippen LogP contribution in [0, 0.1) is 0 Å². The van der Waals surface area contributed by atoms with Crippen LogP contribution < -0.4 is 5.32 Å². The van der Waals surface area contributed by atoms with E-state index in [4.69, 9.17) is 9.47 Å². The van der Waals surface area contributed by atoms with Crippen LogP contribution in [0.25, 0.3) is 0 Å². The summed E-state index contributed by atoms with van der Waals surface area (Å²) >= 11 is 0. The number of para-hydroxylation sites is 1. The van der Waals surface area contributed by atoms with Gasteiger partial charge in [0.25, 0.3) is 0 Å². The summed E-state index contributed by atoms with van der Waals surface area (Å²) in [4.78, 5) is 23.2. The van der Waals surface area contributed by atoms with Gasteiger partial charge in [-0.2, -0.15) is 0 Å². The topological polar surface area (TPSA) is 64.6 Å². The van der Waals surface area contributed by atoms with Crippen molar-refractivity contribution in [1.29, 1.82) is 0 Å². The van der Waals surface area contributed by atoms with Crippen LogP contribution in [0.3, 0.4) is 0 Å². The second-order valence-electron chi connectivity index (χ2n) is 5.59. The van der Waals surface area contributed by atoms with Gasteiger partial charge in [0, 0.05) is 12.1 Å². The first-order chi connectivity index (χ1) is 9.81. The number of benzene rings is 1. The number of esters is 1. The predicted molar refractivity (Wildman–Crippen MR) is 81.3 cm³/mol. The second kappa shape index (κ2) is 7.67. The molecular formula is C16H23NO4. The van der Waals surface area contributed by atoms with E-state index in [1.165, 1.54) is 0 Å². The molecule has 0 saturated carbocycles. The number of ether oxygens (including phenoxy) is 2. The van der Waals surface area contributed by atoms with Gasteiger partial charge in [-0.15, -0.1) is 0 Å². The molecule has 116 valence electrons. The van der Waals surface area contributed by atoms with Gasteiger partial charge < -0.3 is 9.47 Å². The highest BCUT2D eigenvalue weighted by atomic mass is 16.6. The minimum absolute atomic E-state index is 0.246. The summed E-state index contributed by atoms with van der Waals surface area (Å²) in [6.07, 6.45) is 0.275. The molecule has 21 heavy (non-hydrogen) atoms. The molecule has 0 fully saturated rings. The van der Waals surface area contributed by atoms with Gasteiger partial charge in [0.15, 0.2) is 0 Å². The highest BCUT2D eigenvalue weighted by Crippen LogP contribution is 2.18. The molecule has 0 aliphatic carbocycles. The Balaban J connectivity index is 2.66. The maximum atomic E-state index is 11.8. The number of carbonyl (C=O) groups is 2. The average molecular weight is 293 g/mol. The molecule has 0 aromatic heterocycles. The zero-order valence-corrected chi connectivity index (χ0v) is 13.1. The van der Waals surface area contributed by atoms with E-state index >= 15 is 0 Å². The lowest BCUT2D eigenvalue weighted by atomic mass is 10.1. The third-order valence-electron chi connectivity index (χ3n) is 2.56. The molecule has 1 rings (SSSR count). The lowest BCUT2D eigenvalue weighted by molar-refractivity contribution is -0.143. The van der Waals surface area contributed by atoms with E-state index in [9.17, 15) is 9.59 Å². The minimum Gasteiger partial charge on any atom is -0.466 e. The predicted octanol–water partition coefficient (Wildman–Crippen LogP) is 3.53. The van der Waals surface area contributed by atoms with Crippen LogP contribution in [0.5, 0.6) is 0 Å². The van der Waals surface area contributed by atoms with Crippen LogP contribution in [-0.2, 0) is 20.7 Å². The molecule has 0 unspecified atom stereocenters. The van der Waals surface area contributed by atoms with Crippen LogP contribution in [-0.4, -0.2) is 24.3 Å². The molecule has 0 bridgehead atoms. The summed E-state index contributed by atoms with van der Waals surface area (Å²) < 4.78 is 10.1. The summed E-state index contributed by atoms with van der Waals surface area (Å²) in [5.74, 6) is -0.246. The molecule has 0 atom stereocenters. The summed E-state index contributed by atoms with van der Waals surface area (Å²) in [5, 5.41) is 2.71. The number of aryl methyl sites for hydroxylation is 1. The number of carbonyl (C=O) groups excluding carboxylic acids is 2. The standard InChI is InChI=1S/C16H23NO4/c1-5-20-14(18)11-10-12-8-6-7-9-13(12)17-15(19)21-16(2,3)4/h6-9H,5,10-11H2,1-4H3,(H,17,19). The molecule has 0 radical (unpaired) electrons. The largest absolute Gasteiger partial charge is 0.466 e. The Morgan fingerprint density at radius 1 is 1.19 bits per heavy atom. The van der Waals surface area contributed by atoms with E-state index in [1.807, 2.05) is 18.2 Å². The summed E-state index contributed by atoms with van der Waals surface area (Å²) in [5.41, 5.74) is 0.969. The Morgan fingerprint density at radius 2 is 1.86 bits per heavy atom. The van der Waals surface area contributed by atoms with Crippen LogP contribution in [0.4, 0.5) is 10.5 Å². The van der Waals surface area contributed by atoms with E-state index in [2.05, 4.69) is 5.32 Å². The van der Waals surface area contributed by atoms with E-state index in [0.29, 0.717) is 18.7 Å². The highest BCUT2D eigenvalue weighted by molar-refractivity contribution is 5.86. The maximum absolute atomic E-state index is 11.8. The van der Waals surface area contributed by atoms with Crippen molar-refractivity contribution in [2.24, 2.45) is 0 Å². The van der Waals surface area contributed by atoms with Gasteiger partial charge in [-0.1, -0.05) is 18.2 Å². The van der Waals surface area contributed by atoms with Crippen molar-refractivity contribution in [2.75, 3.05) is 11.9 Å². The van der Waals surface area contributed by atoms with Crippen molar-refractivity contribution in [3.63, 3.8) is 0 Å². The number of nitrogens with one attached hydrogen (secondary N) is 1. The van der Waals surface area contributed by atoms with Crippen molar-refractivity contribution in [3.05, 3.63) is 29.8 Å². The molecular weight excluding hydrogens is 270 g/mol. The molecule has 0 heterocycles. The van der Waals surface area contributed by atoms with E-state index < -0.39 is 11.7 Å². The van der Waals surface area contributed by atoms with Crippen molar-refractivity contribution < 1.29 is 19.1 Å². The first-order valence-electron chi connectivity index (χ1n) is 7.05. The third kappa shape index (κ3) is 6.79. The fourth-order valence-electron chi connectivity index (χ4n) is 1.74. The van der Waals surface area contributed by atoms with Crippen LogP contribution >= 0.6 is 0 Å². The molecule has 5 heteroatoms. The Kier molecular flexibility index (Phi) is 6.21. The van der Waals surface area contributed by atoms with Crippen LogP contribution in [0.2, 0.25) is 0 Å². The minimum atomic E-state index is -0.552. The number of anilines is 1. The van der Waals surface area contributed by atoms with Gasteiger partial charge in [-0.3, -0.25) is 10.1 Å². The van der Waals surface area contributed by atoms with E-state index in [1.54, 1.807) is 33.8 Å². The highest BCUT2D eigenvalue weighted by Gasteiger charge is 2.17. The first-order valence-corrected chi connectivity index (χ1v) is 7.05. The van der Waals surface area contributed by atoms with E-state index in [-0.39, 0.29) is 12.4 Å². The molecule has 0 saturated heterocycles. The number of hydrogen-bond donors (Lipinski definition) is 1. The average Bonchev–Trinajstić information content (AvgIpc) is 2.35. The van der Waals surface area contributed by atoms with Gasteiger partial charge in [0.2, 0.25) is 0 Å². The Bertz CT molecular complexity index is 491. The van der Waals surface area contributed by atoms with E-state index in [0.717, 1.165) is 5.56 Å². The SMILES string of the molecule is CCOC(=O)CCc1ccccc1NC(=O)OC(C)(C)C. The van der Waals surface area contributed by atoms with Crippen LogP contribution in [0.15, 0.2) is 24.3 Å². The fourth-order valence-corrected chi connectivity index (χ4v) is 1.74.